The van der Waals surface area contributed by atoms with Crippen molar-refractivity contribution in [1.82, 2.24) is 5.32 Å². The molecule has 0 unspecified atom stereocenters. The first kappa shape index (κ1) is 42.7. The average molecular weight is 756 g/mol. The van der Waals surface area contributed by atoms with Crippen LogP contribution in [0.15, 0.2) is 42.0 Å². The summed E-state index contributed by atoms with van der Waals surface area (Å²) in [5.41, 5.74) is 1.81. The molecular formula is C37H61NO13Si. The zero-order valence-corrected chi connectivity index (χ0v) is 33.7. The maximum Gasteiger partial charge on any atom is 0.408 e. The third kappa shape index (κ3) is 11.0. The molecule has 52 heavy (non-hydrogen) atoms. The van der Waals surface area contributed by atoms with Crippen LogP contribution >= 0.6 is 0 Å². The number of alkyl carbamates (subject to hydrolysis) is 1. The van der Waals surface area contributed by atoms with E-state index in [0.717, 1.165) is 11.1 Å². The van der Waals surface area contributed by atoms with Crippen LogP contribution in [0.25, 0.3) is 0 Å². The van der Waals surface area contributed by atoms with Gasteiger partial charge < -0.3 is 61.8 Å². The minimum atomic E-state index is -2.36. The number of hydrogen-bond acceptors (Lipinski definition) is 13. The topological polar surface area (TPSA) is 140 Å². The second-order valence-corrected chi connectivity index (χ2v) is 20.0. The number of nitrogens with one attached hydrogen (secondary N) is 1. The third-order valence-electron chi connectivity index (χ3n) is 9.98. The molecule has 2 heterocycles. The van der Waals surface area contributed by atoms with Crippen LogP contribution in [0.3, 0.4) is 0 Å². The van der Waals surface area contributed by atoms with E-state index in [-0.39, 0.29) is 32.0 Å². The van der Waals surface area contributed by atoms with Gasteiger partial charge in [0, 0.05) is 28.4 Å². The van der Waals surface area contributed by atoms with Gasteiger partial charge in [0.15, 0.2) is 20.4 Å². The van der Waals surface area contributed by atoms with Gasteiger partial charge in [-0.05, 0) is 56.0 Å². The first-order valence-electron chi connectivity index (χ1n) is 17.9. The fraction of sp³-hybridized carbons (Fsp3) is 0.757. The first-order chi connectivity index (χ1) is 24.6. The van der Waals surface area contributed by atoms with E-state index in [0.29, 0.717) is 12.8 Å². The van der Waals surface area contributed by atoms with Gasteiger partial charge in [-0.3, -0.25) is 0 Å². The summed E-state index contributed by atoms with van der Waals surface area (Å²) in [4.78, 5) is 13.4. The Kier molecular flexibility index (Phi) is 15.7. The Balaban J connectivity index is 1.65. The van der Waals surface area contributed by atoms with Crippen LogP contribution in [0.1, 0.15) is 53.0 Å². The maximum absolute atomic E-state index is 13.4. The van der Waals surface area contributed by atoms with Gasteiger partial charge in [-0.2, -0.15) is 0 Å². The zero-order chi connectivity index (χ0) is 38.1. The molecule has 1 amide bonds. The molecule has 0 spiro atoms. The summed E-state index contributed by atoms with van der Waals surface area (Å²) in [6.07, 6.45) is -2.33. The molecule has 1 N–H and O–H groups in total. The molecule has 0 radical (unpaired) electrons. The Morgan fingerprint density at radius 3 is 2.08 bits per heavy atom. The lowest BCUT2D eigenvalue weighted by molar-refractivity contribution is -0.334. The molecule has 2 fully saturated rings. The number of hydrogen-bond donors (Lipinski definition) is 1. The molecule has 1 aromatic carbocycles. The molecule has 2 saturated heterocycles. The average Bonchev–Trinajstić information content (AvgIpc) is 3.43. The number of carbonyl (C=O) groups is 1. The Labute approximate surface area is 310 Å². The Hall–Kier alpha value is -1.99. The van der Waals surface area contributed by atoms with Crippen LogP contribution in [0.2, 0.25) is 18.1 Å². The fourth-order valence-electron chi connectivity index (χ4n) is 6.46. The summed E-state index contributed by atoms with van der Waals surface area (Å²) in [5, 5.41) is 3.00. The molecule has 15 heteroatoms. The summed E-state index contributed by atoms with van der Waals surface area (Å²) in [6, 6.07) is 8.98. The zero-order valence-electron chi connectivity index (χ0n) is 32.7. The van der Waals surface area contributed by atoms with Gasteiger partial charge in [-0.15, -0.1) is 0 Å². The lowest BCUT2D eigenvalue weighted by Gasteiger charge is -2.46. The molecule has 296 valence electrons. The quantitative estimate of drug-likeness (QED) is 0.119. The van der Waals surface area contributed by atoms with Crippen molar-refractivity contribution in [3.63, 3.8) is 0 Å². The number of methoxy groups -OCH3 is 4. The van der Waals surface area contributed by atoms with Crippen LogP contribution in [-0.4, -0.2) is 124 Å². The summed E-state index contributed by atoms with van der Waals surface area (Å²) in [5.74, 6) is -0.899. The Morgan fingerprint density at radius 1 is 0.865 bits per heavy atom. The maximum atomic E-state index is 13.4. The van der Waals surface area contributed by atoms with Crippen LogP contribution in [0, 0.1) is 0 Å². The number of benzene rings is 1. The second kappa shape index (κ2) is 19.0. The molecule has 0 saturated carbocycles. The standard InChI is InChI=1S/C37H61NO13Si/c1-36(2,3)52(10,11)51-29-26(38-35(39)44-20-24-15-13-12-14-16-24)19-25(28-32(29)50-37(4,5)49-28)17-18-27-30(45-21-40-6)31(46-22-41-7)33(47-23-42-8)34(43-9)48-27/h12-16,19,26-34H,17-18,20-23H2,1-11H3,(H,38,39)/t26-,27-,28-,29-,30-,31+,32-,33-,34+/m1/s1. The van der Waals surface area contributed by atoms with Crippen molar-refractivity contribution >= 4 is 14.4 Å². The highest BCUT2D eigenvalue weighted by atomic mass is 28.4. The van der Waals surface area contributed by atoms with Crippen molar-refractivity contribution in [3.8, 4) is 0 Å². The second-order valence-electron chi connectivity index (χ2n) is 15.3. The molecular weight excluding hydrogens is 694 g/mol. The van der Waals surface area contributed by atoms with E-state index in [1.54, 1.807) is 21.3 Å². The monoisotopic (exact) mass is 755 g/mol. The fourth-order valence-corrected chi connectivity index (χ4v) is 7.78. The van der Waals surface area contributed by atoms with Crippen molar-refractivity contribution in [3.05, 3.63) is 47.5 Å². The summed E-state index contributed by atoms with van der Waals surface area (Å²) >= 11 is 0. The predicted octanol–water partition coefficient (Wildman–Crippen LogP) is 5.25. The minimum Gasteiger partial charge on any atom is -0.445 e. The molecule has 14 nitrogen and oxygen atoms in total. The van der Waals surface area contributed by atoms with Gasteiger partial charge in [0.05, 0.1) is 18.2 Å². The third-order valence-corrected chi connectivity index (χ3v) is 14.4. The number of amides is 1. The van der Waals surface area contributed by atoms with Gasteiger partial charge in [0.2, 0.25) is 0 Å². The van der Waals surface area contributed by atoms with E-state index in [1.165, 1.54) is 7.11 Å². The van der Waals surface area contributed by atoms with Crippen LogP contribution < -0.4 is 5.32 Å². The van der Waals surface area contributed by atoms with Gasteiger partial charge in [-0.1, -0.05) is 57.2 Å². The van der Waals surface area contributed by atoms with E-state index in [1.807, 2.05) is 50.3 Å². The molecule has 1 aromatic rings. The molecule has 4 rings (SSSR count). The number of fused-ring (bicyclic) bond motifs is 1. The van der Waals surface area contributed by atoms with Crippen LogP contribution in [0.4, 0.5) is 4.79 Å². The van der Waals surface area contributed by atoms with Crippen molar-refractivity contribution in [2.75, 3.05) is 48.8 Å². The van der Waals surface area contributed by atoms with Crippen molar-refractivity contribution < 1.29 is 61.3 Å². The largest absolute Gasteiger partial charge is 0.445 e. The van der Waals surface area contributed by atoms with Crippen molar-refractivity contribution in [1.29, 1.82) is 0 Å². The lowest BCUT2D eigenvalue weighted by Crippen LogP contribution is -2.61. The van der Waals surface area contributed by atoms with Gasteiger partial charge in [0.25, 0.3) is 0 Å². The van der Waals surface area contributed by atoms with E-state index in [4.69, 9.17) is 56.5 Å². The van der Waals surface area contributed by atoms with E-state index in [9.17, 15) is 4.79 Å². The van der Waals surface area contributed by atoms with E-state index >= 15 is 0 Å². The van der Waals surface area contributed by atoms with Gasteiger partial charge in [0.1, 0.15) is 57.5 Å². The Bertz CT molecular complexity index is 1280. The first-order valence-corrected chi connectivity index (χ1v) is 20.8. The Morgan fingerprint density at radius 2 is 1.48 bits per heavy atom. The van der Waals surface area contributed by atoms with Gasteiger partial charge >= 0.3 is 6.09 Å². The summed E-state index contributed by atoms with van der Waals surface area (Å²) in [7, 11) is 3.81. The molecule has 9 atom stereocenters. The number of carbonyl (C=O) groups excluding carboxylic acids is 1. The van der Waals surface area contributed by atoms with Crippen LogP contribution in [0.5, 0.6) is 0 Å². The lowest BCUT2D eigenvalue weighted by atomic mass is 9.84. The van der Waals surface area contributed by atoms with E-state index in [2.05, 4.69) is 39.2 Å². The highest BCUT2D eigenvalue weighted by Gasteiger charge is 2.55. The summed E-state index contributed by atoms with van der Waals surface area (Å²) < 4.78 is 72.1. The molecule has 0 bridgehead atoms. The molecule has 3 aliphatic rings. The number of rotatable bonds is 18. The van der Waals surface area contributed by atoms with Gasteiger partial charge in [-0.25, -0.2) is 4.79 Å². The minimum absolute atomic E-state index is 0.00584. The highest BCUT2D eigenvalue weighted by Crippen LogP contribution is 2.45. The predicted molar refractivity (Wildman–Crippen MR) is 193 cm³/mol. The molecule has 1 aliphatic carbocycles. The SMILES string of the molecule is COCO[C@@H]1[C@@H](OCOC)[C@@H](OC)O[C@H](CCC2=C[C@@H](NC(=O)OCc3ccccc3)[C@@H](O[Si](C)(C)C(C)(C)C)[C@@H]3OC(C)(C)O[C@H]23)[C@H]1OCOC. The normalized spacial score (nSPS) is 30.4. The van der Waals surface area contributed by atoms with Crippen molar-refractivity contribution in [2.45, 2.75) is 133 Å². The summed E-state index contributed by atoms with van der Waals surface area (Å²) in [6.45, 7) is 14.8. The van der Waals surface area contributed by atoms with E-state index < -0.39 is 75.3 Å². The van der Waals surface area contributed by atoms with Crippen molar-refractivity contribution in [2.24, 2.45) is 0 Å². The molecule has 0 aromatic heterocycles. The smallest absolute Gasteiger partial charge is 0.408 e. The molecule has 2 aliphatic heterocycles. The van der Waals surface area contributed by atoms with Crippen LogP contribution in [-0.2, 0) is 63.1 Å². The number of ether oxygens (including phenoxy) is 11. The highest BCUT2D eigenvalue weighted by molar-refractivity contribution is 6.74.